The van der Waals surface area contributed by atoms with E-state index >= 15 is 0 Å². The Morgan fingerprint density at radius 3 is 2.57 bits per heavy atom. The molecule has 1 heterocycles. The van der Waals surface area contributed by atoms with Gasteiger partial charge < -0.3 is 5.32 Å². The number of hydrogen-bond acceptors (Lipinski definition) is 2. The molecule has 3 rings (SSSR count). The van der Waals surface area contributed by atoms with Crippen molar-refractivity contribution in [2.75, 3.05) is 13.6 Å². The third-order valence-electron chi connectivity index (χ3n) is 4.23. The molecular formula is C18H21FN2. The van der Waals surface area contributed by atoms with E-state index in [1.165, 1.54) is 11.1 Å². The summed E-state index contributed by atoms with van der Waals surface area (Å²) in [4.78, 5) is 2.37. The lowest BCUT2D eigenvalue weighted by molar-refractivity contribution is 0.159. The van der Waals surface area contributed by atoms with Crippen molar-refractivity contribution in [3.8, 4) is 0 Å². The maximum absolute atomic E-state index is 13.9. The zero-order chi connectivity index (χ0) is 14.7. The van der Waals surface area contributed by atoms with Crippen molar-refractivity contribution in [1.82, 2.24) is 10.2 Å². The second kappa shape index (κ2) is 6.37. The number of nitrogens with zero attached hydrogens (tertiary/aromatic N) is 1. The minimum absolute atomic E-state index is 0.112. The molecule has 2 aromatic rings. The van der Waals surface area contributed by atoms with Gasteiger partial charge in [-0.1, -0.05) is 42.5 Å². The fraction of sp³-hybridized carbons (Fsp3) is 0.333. The summed E-state index contributed by atoms with van der Waals surface area (Å²) < 4.78 is 13.9. The second-order valence-electron chi connectivity index (χ2n) is 5.68. The summed E-state index contributed by atoms with van der Waals surface area (Å²) >= 11 is 0. The number of nitrogens with one attached hydrogen (secondary N) is 1. The average Bonchev–Trinajstić information content (AvgIpc) is 2.50. The number of hydrogen-bond donors (Lipinski definition) is 1. The number of likely N-dealkylation sites (N-methyl/N-ethyl adjacent to an activating group) is 1. The Kier molecular flexibility index (Phi) is 4.32. The van der Waals surface area contributed by atoms with Crippen molar-refractivity contribution in [2.24, 2.45) is 0 Å². The summed E-state index contributed by atoms with van der Waals surface area (Å²) in [5.41, 5.74) is 3.56. The molecule has 1 aliphatic heterocycles. The summed E-state index contributed by atoms with van der Waals surface area (Å²) in [6.45, 7) is 2.47. The molecule has 2 aromatic carbocycles. The first kappa shape index (κ1) is 14.2. The van der Waals surface area contributed by atoms with Crippen molar-refractivity contribution in [3.63, 3.8) is 0 Å². The van der Waals surface area contributed by atoms with Crippen LogP contribution in [0.5, 0.6) is 0 Å². The summed E-state index contributed by atoms with van der Waals surface area (Å²) in [6, 6.07) is 16.0. The van der Waals surface area contributed by atoms with Crippen molar-refractivity contribution in [3.05, 3.63) is 71.0 Å². The molecule has 0 aliphatic carbocycles. The molecule has 1 unspecified atom stereocenters. The van der Waals surface area contributed by atoms with Crippen LogP contribution in [0.1, 0.15) is 16.7 Å². The Bertz CT molecular complexity index is 612. The van der Waals surface area contributed by atoms with E-state index in [2.05, 4.69) is 34.5 Å². The molecule has 1 atom stereocenters. The molecule has 0 bridgehead atoms. The number of benzene rings is 2. The highest BCUT2D eigenvalue weighted by atomic mass is 19.1. The zero-order valence-electron chi connectivity index (χ0n) is 12.3. The van der Waals surface area contributed by atoms with E-state index in [4.69, 9.17) is 0 Å². The van der Waals surface area contributed by atoms with Crippen LogP contribution in [0.3, 0.4) is 0 Å². The van der Waals surface area contributed by atoms with Crippen molar-refractivity contribution in [1.29, 1.82) is 0 Å². The van der Waals surface area contributed by atoms with Crippen LogP contribution in [-0.4, -0.2) is 24.5 Å². The summed E-state index contributed by atoms with van der Waals surface area (Å²) in [5, 5.41) is 3.26. The van der Waals surface area contributed by atoms with Crippen LogP contribution in [0.15, 0.2) is 48.5 Å². The topological polar surface area (TPSA) is 15.3 Å². The quantitative estimate of drug-likeness (QED) is 0.928. The predicted molar refractivity (Wildman–Crippen MR) is 83.5 cm³/mol. The van der Waals surface area contributed by atoms with E-state index in [9.17, 15) is 4.39 Å². The summed E-state index contributed by atoms with van der Waals surface area (Å²) in [5.74, 6) is -0.112. The SMILES string of the molecule is CNCC1Cc2ccccc2CN1Cc1ccccc1F. The third-order valence-corrected chi connectivity index (χ3v) is 4.23. The fourth-order valence-corrected chi connectivity index (χ4v) is 3.11. The van der Waals surface area contributed by atoms with E-state index in [0.29, 0.717) is 12.6 Å². The van der Waals surface area contributed by atoms with Crippen LogP contribution in [0.4, 0.5) is 4.39 Å². The van der Waals surface area contributed by atoms with E-state index in [1.54, 1.807) is 12.1 Å². The number of rotatable bonds is 4. The number of fused-ring (bicyclic) bond motifs is 1. The van der Waals surface area contributed by atoms with Crippen LogP contribution in [0.2, 0.25) is 0 Å². The second-order valence-corrected chi connectivity index (χ2v) is 5.68. The molecule has 21 heavy (non-hydrogen) atoms. The van der Waals surface area contributed by atoms with E-state index in [0.717, 1.165) is 25.1 Å². The lowest BCUT2D eigenvalue weighted by Gasteiger charge is -2.37. The lowest BCUT2D eigenvalue weighted by Crippen LogP contribution is -2.45. The summed E-state index contributed by atoms with van der Waals surface area (Å²) in [7, 11) is 1.97. The molecule has 0 saturated carbocycles. The van der Waals surface area contributed by atoms with Crippen molar-refractivity contribution < 1.29 is 4.39 Å². The standard InChI is InChI=1S/C18H21FN2/c1-20-11-17-10-14-6-2-3-7-15(14)12-21(17)13-16-8-4-5-9-18(16)19/h2-9,17,20H,10-13H2,1H3. The minimum atomic E-state index is -0.112. The molecule has 1 aliphatic rings. The highest BCUT2D eigenvalue weighted by Crippen LogP contribution is 2.25. The first-order valence-corrected chi connectivity index (χ1v) is 7.47. The highest BCUT2D eigenvalue weighted by molar-refractivity contribution is 5.30. The minimum Gasteiger partial charge on any atom is -0.318 e. The summed E-state index contributed by atoms with van der Waals surface area (Å²) in [6.07, 6.45) is 1.02. The van der Waals surface area contributed by atoms with Crippen LogP contribution < -0.4 is 5.32 Å². The molecule has 0 aromatic heterocycles. The van der Waals surface area contributed by atoms with E-state index in [-0.39, 0.29) is 5.82 Å². The average molecular weight is 284 g/mol. The molecule has 3 heteroatoms. The molecule has 1 N–H and O–H groups in total. The van der Waals surface area contributed by atoms with Gasteiger partial charge in [-0.3, -0.25) is 4.90 Å². The monoisotopic (exact) mass is 284 g/mol. The van der Waals surface area contributed by atoms with Gasteiger partial charge in [0.1, 0.15) is 5.82 Å². The van der Waals surface area contributed by atoms with Crippen LogP contribution >= 0.6 is 0 Å². The van der Waals surface area contributed by atoms with Gasteiger partial charge in [0, 0.05) is 31.2 Å². The van der Waals surface area contributed by atoms with Gasteiger partial charge in [-0.25, -0.2) is 4.39 Å². The Morgan fingerprint density at radius 1 is 1.10 bits per heavy atom. The molecule has 0 fully saturated rings. The van der Waals surface area contributed by atoms with E-state index < -0.39 is 0 Å². The largest absolute Gasteiger partial charge is 0.318 e. The Morgan fingerprint density at radius 2 is 1.81 bits per heavy atom. The molecule has 0 amide bonds. The van der Waals surface area contributed by atoms with Crippen molar-refractivity contribution in [2.45, 2.75) is 25.6 Å². The predicted octanol–water partition coefficient (Wildman–Crippen LogP) is 2.97. The van der Waals surface area contributed by atoms with Crippen LogP contribution in [-0.2, 0) is 19.5 Å². The molecular weight excluding hydrogens is 263 g/mol. The van der Waals surface area contributed by atoms with Gasteiger partial charge in [0.15, 0.2) is 0 Å². The first-order chi connectivity index (χ1) is 10.3. The van der Waals surface area contributed by atoms with Crippen LogP contribution in [0, 0.1) is 5.82 Å². The van der Waals surface area contributed by atoms with Crippen LogP contribution in [0.25, 0.3) is 0 Å². The molecule has 0 saturated heterocycles. The first-order valence-electron chi connectivity index (χ1n) is 7.47. The van der Waals surface area contributed by atoms with Gasteiger partial charge in [0.05, 0.1) is 0 Å². The van der Waals surface area contributed by atoms with Crippen molar-refractivity contribution >= 4 is 0 Å². The Labute approximate surface area is 125 Å². The Hall–Kier alpha value is -1.71. The Balaban J connectivity index is 1.84. The molecule has 0 radical (unpaired) electrons. The molecule has 2 nitrogen and oxygen atoms in total. The zero-order valence-corrected chi connectivity index (χ0v) is 12.3. The van der Waals surface area contributed by atoms with E-state index in [1.807, 2.05) is 19.2 Å². The maximum atomic E-state index is 13.9. The van der Waals surface area contributed by atoms with Gasteiger partial charge in [-0.05, 0) is 30.7 Å². The van der Waals surface area contributed by atoms with Gasteiger partial charge in [-0.2, -0.15) is 0 Å². The molecule has 110 valence electrons. The number of halogens is 1. The lowest BCUT2D eigenvalue weighted by atomic mass is 9.93. The van der Waals surface area contributed by atoms with Gasteiger partial charge >= 0.3 is 0 Å². The fourth-order valence-electron chi connectivity index (χ4n) is 3.11. The maximum Gasteiger partial charge on any atom is 0.127 e. The van der Waals surface area contributed by atoms with Gasteiger partial charge in [0.2, 0.25) is 0 Å². The third kappa shape index (κ3) is 3.14. The normalized spacial score (nSPS) is 18.5. The van der Waals surface area contributed by atoms with Gasteiger partial charge in [0.25, 0.3) is 0 Å². The van der Waals surface area contributed by atoms with Gasteiger partial charge in [-0.15, -0.1) is 0 Å². The highest BCUT2D eigenvalue weighted by Gasteiger charge is 2.25. The molecule has 0 spiro atoms. The smallest absolute Gasteiger partial charge is 0.127 e.